The molecular weight excluding hydrogens is 362 g/mol. The third-order valence-corrected chi connectivity index (χ3v) is 7.40. The Labute approximate surface area is 174 Å². The molecule has 29 heavy (non-hydrogen) atoms. The van der Waals surface area contributed by atoms with Crippen molar-refractivity contribution in [1.29, 1.82) is 0 Å². The zero-order chi connectivity index (χ0) is 20.2. The molecule has 1 saturated carbocycles. The van der Waals surface area contributed by atoms with Crippen LogP contribution >= 0.6 is 0 Å². The van der Waals surface area contributed by atoms with Crippen LogP contribution in [0.2, 0.25) is 0 Å². The Morgan fingerprint density at radius 3 is 2.41 bits per heavy atom. The van der Waals surface area contributed by atoms with Gasteiger partial charge in [-0.25, -0.2) is 8.78 Å². The van der Waals surface area contributed by atoms with E-state index in [2.05, 4.69) is 13.0 Å². The minimum Gasteiger partial charge on any atom is -0.207 e. The van der Waals surface area contributed by atoms with Crippen LogP contribution in [0.15, 0.2) is 36.4 Å². The highest BCUT2D eigenvalue weighted by molar-refractivity contribution is 5.36. The number of rotatable bonds is 6. The van der Waals surface area contributed by atoms with E-state index >= 15 is 4.39 Å². The van der Waals surface area contributed by atoms with Gasteiger partial charge >= 0.3 is 0 Å². The molecule has 4 rings (SSSR count). The normalized spacial score (nSPS) is 24.3. The fourth-order valence-corrected chi connectivity index (χ4v) is 5.59. The molecule has 2 aromatic rings. The number of unbranched alkanes of at least 4 members (excludes halogenated alkanes) is 2. The van der Waals surface area contributed by atoms with E-state index in [-0.39, 0.29) is 17.6 Å². The van der Waals surface area contributed by atoms with Crippen LogP contribution in [0.25, 0.3) is 0 Å². The molecule has 2 aliphatic carbocycles. The van der Waals surface area contributed by atoms with Crippen LogP contribution in [0, 0.1) is 17.6 Å². The van der Waals surface area contributed by atoms with Gasteiger partial charge in [0.2, 0.25) is 0 Å². The summed E-state index contributed by atoms with van der Waals surface area (Å²) in [5.41, 5.74) is 4.26. The Kier molecular flexibility index (Phi) is 6.67. The molecule has 156 valence electrons. The average Bonchev–Trinajstić information content (AvgIpc) is 2.74. The third kappa shape index (κ3) is 4.90. The Morgan fingerprint density at radius 2 is 1.66 bits per heavy atom. The van der Waals surface area contributed by atoms with Crippen LogP contribution in [0.1, 0.15) is 98.8 Å². The molecule has 0 amide bonds. The maximum Gasteiger partial charge on any atom is 0.126 e. The zero-order valence-corrected chi connectivity index (χ0v) is 17.7. The van der Waals surface area contributed by atoms with Gasteiger partial charge in [0.05, 0.1) is 0 Å². The second kappa shape index (κ2) is 9.41. The molecule has 0 aliphatic heterocycles. The lowest BCUT2D eigenvalue weighted by atomic mass is 9.76. The highest BCUT2D eigenvalue weighted by Gasteiger charge is 2.26. The van der Waals surface area contributed by atoms with Gasteiger partial charge in [0, 0.05) is 0 Å². The van der Waals surface area contributed by atoms with E-state index < -0.39 is 0 Å². The van der Waals surface area contributed by atoms with Crippen LogP contribution in [0.4, 0.5) is 8.78 Å². The molecule has 0 spiro atoms. The minimum atomic E-state index is -0.189. The molecule has 0 saturated heterocycles. The van der Waals surface area contributed by atoms with E-state index in [1.165, 1.54) is 68.6 Å². The number of hydrogen-bond donors (Lipinski definition) is 0. The first kappa shape index (κ1) is 20.6. The summed E-state index contributed by atoms with van der Waals surface area (Å²) in [6.45, 7) is 2.26. The highest BCUT2D eigenvalue weighted by atomic mass is 19.1. The first-order valence-electron chi connectivity index (χ1n) is 11.7. The van der Waals surface area contributed by atoms with Gasteiger partial charge in [-0.2, -0.15) is 0 Å². The molecule has 2 aliphatic rings. The van der Waals surface area contributed by atoms with Crippen molar-refractivity contribution >= 4 is 0 Å². The van der Waals surface area contributed by atoms with E-state index in [1.807, 2.05) is 12.1 Å². The van der Waals surface area contributed by atoms with Gasteiger partial charge in [-0.15, -0.1) is 0 Å². The monoisotopic (exact) mass is 396 g/mol. The van der Waals surface area contributed by atoms with Crippen molar-refractivity contribution in [3.8, 4) is 0 Å². The first-order chi connectivity index (χ1) is 14.1. The number of fused-ring (bicyclic) bond motifs is 1. The zero-order valence-electron chi connectivity index (χ0n) is 17.7. The van der Waals surface area contributed by atoms with Crippen LogP contribution in [0.5, 0.6) is 0 Å². The van der Waals surface area contributed by atoms with Crippen LogP contribution in [0.3, 0.4) is 0 Å². The smallest absolute Gasteiger partial charge is 0.126 e. The highest BCUT2D eigenvalue weighted by Crippen LogP contribution is 2.40. The lowest BCUT2D eigenvalue weighted by molar-refractivity contribution is 0.302. The largest absolute Gasteiger partial charge is 0.207 e. The molecule has 1 atom stereocenters. The van der Waals surface area contributed by atoms with Crippen molar-refractivity contribution < 1.29 is 8.78 Å². The van der Waals surface area contributed by atoms with E-state index in [0.29, 0.717) is 5.92 Å². The van der Waals surface area contributed by atoms with Gasteiger partial charge in [-0.05, 0) is 103 Å². The van der Waals surface area contributed by atoms with Gasteiger partial charge < -0.3 is 0 Å². The van der Waals surface area contributed by atoms with Gasteiger partial charge in [0.25, 0.3) is 0 Å². The van der Waals surface area contributed by atoms with Crippen LogP contribution < -0.4 is 0 Å². The minimum absolute atomic E-state index is 0.0579. The summed E-state index contributed by atoms with van der Waals surface area (Å²) in [7, 11) is 0. The predicted molar refractivity (Wildman–Crippen MR) is 116 cm³/mol. The van der Waals surface area contributed by atoms with Gasteiger partial charge in [-0.3, -0.25) is 0 Å². The van der Waals surface area contributed by atoms with E-state index in [1.54, 1.807) is 12.1 Å². The molecule has 1 unspecified atom stereocenters. The van der Waals surface area contributed by atoms with E-state index in [4.69, 9.17) is 0 Å². The number of hydrogen-bond acceptors (Lipinski definition) is 0. The lowest BCUT2D eigenvalue weighted by Gasteiger charge is -2.30. The SMILES string of the molecule is CCCCCC1CCC(c2ccc(C3CCc4ccc(F)cc4C3)c(F)c2)CC1. The molecule has 0 radical (unpaired) electrons. The molecule has 0 aromatic heterocycles. The lowest BCUT2D eigenvalue weighted by Crippen LogP contribution is -2.16. The number of aryl methyl sites for hydroxylation is 1. The third-order valence-electron chi connectivity index (χ3n) is 7.40. The summed E-state index contributed by atoms with van der Waals surface area (Å²) in [6.07, 6.45) is 13.0. The van der Waals surface area contributed by atoms with Crippen molar-refractivity contribution in [3.05, 3.63) is 70.3 Å². The summed E-state index contributed by atoms with van der Waals surface area (Å²) >= 11 is 0. The summed E-state index contributed by atoms with van der Waals surface area (Å²) < 4.78 is 28.7. The quantitative estimate of drug-likeness (QED) is 0.433. The molecule has 1 fully saturated rings. The van der Waals surface area contributed by atoms with E-state index in [0.717, 1.165) is 36.3 Å². The van der Waals surface area contributed by atoms with E-state index in [9.17, 15) is 4.39 Å². The molecule has 2 heteroatoms. The molecule has 0 N–H and O–H groups in total. The Morgan fingerprint density at radius 1 is 0.828 bits per heavy atom. The fraction of sp³-hybridized carbons (Fsp3) is 0.556. The van der Waals surface area contributed by atoms with Gasteiger partial charge in [-0.1, -0.05) is 50.8 Å². The molecule has 0 nitrogen and oxygen atoms in total. The molecule has 0 heterocycles. The maximum atomic E-state index is 15.1. The molecular formula is C27H34F2. The summed E-state index contributed by atoms with van der Waals surface area (Å²) in [4.78, 5) is 0. The predicted octanol–water partition coefficient (Wildman–Crippen LogP) is 8.09. The van der Waals surface area contributed by atoms with Crippen molar-refractivity contribution in [2.75, 3.05) is 0 Å². The molecule has 0 bridgehead atoms. The Hall–Kier alpha value is -1.70. The van der Waals surface area contributed by atoms with Gasteiger partial charge in [0.1, 0.15) is 11.6 Å². The van der Waals surface area contributed by atoms with Gasteiger partial charge in [0.15, 0.2) is 0 Å². The summed E-state index contributed by atoms with van der Waals surface area (Å²) in [5, 5.41) is 0. The Bertz CT molecular complexity index is 817. The first-order valence-corrected chi connectivity index (χ1v) is 11.7. The summed E-state index contributed by atoms with van der Waals surface area (Å²) in [6, 6.07) is 11.0. The maximum absolute atomic E-state index is 15.1. The van der Waals surface area contributed by atoms with Crippen LogP contribution in [-0.2, 0) is 12.8 Å². The average molecular weight is 397 g/mol. The number of halogens is 2. The van der Waals surface area contributed by atoms with Crippen molar-refractivity contribution in [1.82, 2.24) is 0 Å². The van der Waals surface area contributed by atoms with Crippen LogP contribution in [-0.4, -0.2) is 0 Å². The number of benzene rings is 2. The van der Waals surface area contributed by atoms with Crippen molar-refractivity contribution in [2.45, 2.75) is 89.4 Å². The van der Waals surface area contributed by atoms with Crippen molar-refractivity contribution in [2.24, 2.45) is 5.92 Å². The standard InChI is InChI=1S/C27H34F2/c1-2-3-4-5-19-6-8-20(9-7-19)22-13-15-26(27(29)18-22)23-11-10-21-12-14-25(28)17-24(21)16-23/h12-15,17-20,23H,2-11,16H2,1H3. The summed E-state index contributed by atoms with van der Waals surface area (Å²) in [5.74, 6) is 1.31. The molecule has 2 aromatic carbocycles. The second-order valence-electron chi connectivity index (χ2n) is 9.35. The van der Waals surface area contributed by atoms with Crippen molar-refractivity contribution in [3.63, 3.8) is 0 Å². The fourth-order valence-electron chi connectivity index (χ4n) is 5.59. The Balaban J connectivity index is 1.39. The topological polar surface area (TPSA) is 0 Å². The second-order valence-corrected chi connectivity index (χ2v) is 9.35.